The Bertz CT molecular complexity index is 648. The summed E-state index contributed by atoms with van der Waals surface area (Å²) in [4.78, 5) is 8.89. The van der Waals surface area contributed by atoms with E-state index in [0.717, 1.165) is 0 Å². The molecule has 4 aliphatic carbocycles. The van der Waals surface area contributed by atoms with Crippen LogP contribution in [0.2, 0.25) is 0 Å². The Labute approximate surface area is 162 Å². The van der Waals surface area contributed by atoms with E-state index in [1.807, 2.05) is 0 Å². The van der Waals surface area contributed by atoms with Gasteiger partial charge in [0.2, 0.25) is 0 Å². The van der Waals surface area contributed by atoms with Crippen molar-refractivity contribution in [2.75, 3.05) is 0 Å². The standard InChI is InChI=1S/C14H10Cl6O3/c1-2(21)22-7-3-5-6(4(7)9-8(3)23-9)13(18)11(16)10(15)12(5,17)14(13,19)20/h3-9H,1H3. The molecular weight excluding hydrogens is 429 g/mol. The Hall–Kier alpha value is 0.910. The van der Waals surface area contributed by atoms with Crippen molar-refractivity contribution in [1.29, 1.82) is 0 Å². The molecule has 0 aromatic rings. The van der Waals surface area contributed by atoms with Crippen LogP contribution in [0.25, 0.3) is 0 Å². The van der Waals surface area contributed by atoms with E-state index in [0.29, 0.717) is 0 Å². The summed E-state index contributed by atoms with van der Waals surface area (Å²) in [7, 11) is 0. The molecule has 1 saturated heterocycles. The largest absolute Gasteiger partial charge is 0.462 e. The van der Waals surface area contributed by atoms with Gasteiger partial charge in [-0.3, -0.25) is 4.79 Å². The molecule has 0 amide bonds. The number of halogens is 6. The third kappa shape index (κ3) is 1.39. The number of carbonyl (C=O) groups excluding carboxylic acids is 1. The van der Waals surface area contributed by atoms with Crippen LogP contribution in [0.15, 0.2) is 10.1 Å². The molecule has 1 heterocycles. The SMILES string of the molecule is CC(=O)OC1C2C3OC3C1C1C2C2(Cl)C(Cl)=C(Cl)C1(Cl)C2(Cl)Cl. The number of hydrogen-bond acceptors (Lipinski definition) is 3. The first-order valence-electron chi connectivity index (χ1n) is 7.24. The van der Waals surface area contributed by atoms with Gasteiger partial charge in [0.05, 0.1) is 22.3 Å². The Morgan fingerprint density at radius 2 is 1.43 bits per heavy atom. The lowest BCUT2D eigenvalue weighted by Crippen LogP contribution is -2.48. The molecule has 0 aromatic heterocycles. The highest BCUT2D eigenvalue weighted by molar-refractivity contribution is 6.65. The second-order valence-electron chi connectivity index (χ2n) is 6.97. The molecule has 4 bridgehead atoms. The maximum absolute atomic E-state index is 11.5. The second kappa shape index (κ2) is 4.24. The van der Waals surface area contributed by atoms with E-state index in [2.05, 4.69) is 0 Å². The number of esters is 1. The number of alkyl halides is 4. The highest BCUT2D eigenvalue weighted by Crippen LogP contribution is 2.84. The Kier molecular flexibility index (Phi) is 2.97. The van der Waals surface area contributed by atoms with Gasteiger partial charge >= 0.3 is 5.97 Å². The lowest BCUT2D eigenvalue weighted by molar-refractivity contribution is -0.151. The van der Waals surface area contributed by atoms with E-state index in [1.54, 1.807) is 0 Å². The fourth-order valence-corrected chi connectivity index (χ4v) is 8.73. The molecule has 5 rings (SSSR count). The van der Waals surface area contributed by atoms with Gasteiger partial charge in [-0.2, -0.15) is 0 Å². The van der Waals surface area contributed by atoms with Crippen molar-refractivity contribution in [3.63, 3.8) is 0 Å². The van der Waals surface area contributed by atoms with Gasteiger partial charge in [0.1, 0.15) is 15.9 Å². The summed E-state index contributed by atoms with van der Waals surface area (Å²) in [5.41, 5.74) is 0. The van der Waals surface area contributed by atoms with Crippen LogP contribution in [-0.4, -0.2) is 38.4 Å². The van der Waals surface area contributed by atoms with E-state index in [1.165, 1.54) is 6.92 Å². The first-order valence-corrected chi connectivity index (χ1v) is 9.51. The highest BCUT2D eigenvalue weighted by atomic mass is 35.5. The van der Waals surface area contributed by atoms with Crippen LogP contribution in [0.1, 0.15) is 6.92 Å². The zero-order valence-electron chi connectivity index (χ0n) is 11.5. The van der Waals surface area contributed by atoms with E-state index in [-0.39, 0.29) is 58.0 Å². The van der Waals surface area contributed by atoms with Crippen molar-refractivity contribution < 1.29 is 14.3 Å². The summed E-state index contributed by atoms with van der Waals surface area (Å²) in [6.45, 7) is 1.38. The summed E-state index contributed by atoms with van der Waals surface area (Å²) in [6, 6.07) is 0. The van der Waals surface area contributed by atoms with Gasteiger partial charge in [-0.05, 0) is 0 Å². The second-order valence-corrected chi connectivity index (χ2v) is 10.2. The average Bonchev–Trinajstić information content (AvgIpc) is 3.07. The monoisotopic (exact) mass is 436 g/mol. The number of allylic oxidation sites excluding steroid dienone is 2. The van der Waals surface area contributed by atoms with Crippen molar-refractivity contribution >= 4 is 75.6 Å². The maximum atomic E-state index is 11.5. The van der Waals surface area contributed by atoms with Gasteiger partial charge in [0, 0.05) is 30.6 Å². The van der Waals surface area contributed by atoms with E-state index in [4.69, 9.17) is 79.1 Å². The fourth-order valence-electron chi connectivity index (χ4n) is 5.63. The molecule has 0 aromatic carbocycles. The van der Waals surface area contributed by atoms with Gasteiger partial charge in [-0.1, -0.05) is 46.4 Å². The molecular formula is C14H10Cl6O3. The quantitative estimate of drug-likeness (QED) is 0.268. The number of epoxide rings is 1. The van der Waals surface area contributed by atoms with Gasteiger partial charge in [-0.25, -0.2) is 0 Å². The van der Waals surface area contributed by atoms with E-state index >= 15 is 0 Å². The molecule has 8 atom stereocenters. The lowest BCUT2D eigenvalue weighted by Gasteiger charge is -2.37. The summed E-state index contributed by atoms with van der Waals surface area (Å²) in [6.07, 6.45) is -0.361. The van der Waals surface area contributed by atoms with Crippen LogP contribution < -0.4 is 0 Å². The summed E-state index contributed by atoms with van der Waals surface area (Å²) in [5, 5.41) is 0.377. The van der Waals surface area contributed by atoms with Crippen LogP contribution >= 0.6 is 69.6 Å². The van der Waals surface area contributed by atoms with Gasteiger partial charge < -0.3 is 9.47 Å². The minimum Gasteiger partial charge on any atom is -0.462 e. The fraction of sp³-hybridized carbons (Fsp3) is 0.786. The third-order valence-electron chi connectivity index (χ3n) is 6.26. The topological polar surface area (TPSA) is 38.8 Å². The Balaban J connectivity index is 1.70. The third-order valence-corrected chi connectivity index (χ3v) is 10.6. The van der Waals surface area contributed by atoms with Crippen LogP contribution in [-0.2, 0) is 14.3 Å². The number of rotatable bonds is 1. The minimum atomic E-state index is -1.54. The smallest absolute Gasteiger partial charge is 0.302 e. The summed E-state index contributed by atoms with van der Waals surface area (Å²) >= 11 is 39.8. The van der Waals surface area contributed by atoms with Gasteiger partial charge in [0.15, 0.2) is 4.33 Å². The highest BCUT2D eigenvalue weighted by Gasteiger charge is 2.91. The summed E-state index contributed by atoms with van der Waals surface area (Å²) < 4.78 is 9.76. The van der Waals surface area contributed by atoms with Crippen LogP contribution in [0.3, 0.4) is 0 Å². The normalized spacial score (nSPS) is 60.0. The van der Waals surface area contributed by atoms with Crippen LogP contribution in [0.5, 0.6) is 0 Å². The predicted molar refractivity (Wildman–Crippen MR) is 88.5 cm³/mol. The Morgan fingerprint density at radius 3 is 1.83 bits per heavy atom. The molecule has 3 saturated carbocycles. The first-order chi connectivity index (χ1) is 10.6. The predicted octanol–water partition coefficient (Wildman–Crippen LogP) is 4.02. The van der Waals surface area contributed by atoms with E-state index in [9.17, 15) is 4.79 Å². The number of ether oxygens (including phenoxy) is 2. The first kappa shape index (κ1) is 16.1. The number of carbonyl (C=O) groups is 1. The molecule has 23 heavy (non-hydrogen) atoms. The Morgan fingerprint density at radius 1 is 1.00 bits per heavy atom. The van der Waals surface area contributed by atoms with Crippen molar-refractivity contribution in [1.82, 2.24) is 0 Å². The number of fused-ring (bicyclic) bond motifs is 12. The van der Waals surface area contributed by atoms with Crippen molar-refractivity contribution in [2.24, 2.45) is 23.7 Å². The molecule has 5 aliphatic rings. The zero-order chi connectivity index (χ0) is 16.7. The summed E-state index contributed by atoms with van der Waals surface area (Å²) in [5.74, 6) is -1.13. The molecule has 126 valence electrons. The van der Waals surface area contributed by atoms with Crippen molar-refractivity contribution in [3.05, 3.63) is 10.1 Å². The lowest BCUT2D eigenvalue weighted by atomic mass is 9.73. The van der Waals surface area contributed by atoms with Crippen molar-refractivity contribution in [2.45, 2.75) is 39.3 Å². The molecule has 0 N–H and O–H groups in total. The minimum absolute atomic E-state index is 0.0202. The molecule has 0 radical (unpaired) electrons. The van der Waals surface area contributed by atoms with E-state index < -0.39 is 14.1 Å². The van der Waals surface area contributed by atoms with Crippen molar-refractivity contribution in [3.8, 4) is 0 Å². The van der Waals surface area contributed by atoms with Crippen LogP contribution in [0, 0.1) is 23.7 Å². The maximum Gasteiger partial charge on any atom is 0.302 e. The van der Waals surface area contributed by atoms with Gasteiger partial charge in [-0.15, -0.1) is 23.2 Å². The molecule has 8 unspecified atom stereocenters. The number of hydrogen-bond donors (Lipinski definition) is 0. The molecule has 4 fully saturated rings. The molecule has 9 heteroatoms. The molecule has 1 aliphatic heterocycles. The van der Waals surface area contributed by atoms with Gasteiger partial charge in [0.25, 0.3) is 0 Å². The molecule has 0 spiro atoms. The van der Waals surface area contributed by atoms with Crippen LogP contribution in [0.4, 0.5) is 0 Å². The zero-order valence-corrected chi connectivity index (χ0v) is 16.1. The molecule has 3 nitrogen and oxygen atoms in total. The average molecular weight is 439 g/mol.